The number of nitrogens with zero attached hydrogens (tertiary/aromatic N) is 2. The first-order valence-corrected chi connectivity index (χ1v) is 8.92. The molecular formula is C14H28N4O2S. The summed E-state index contributed by atoms with van der Waals surface area (Å²) in [7, 11) is 0.587. The molecule has 122 valence electrons. The molecule has 0 atom stereocenters. The predicted molar refractivity (Wildman–Crippen MR) is 85.6 cm³/mol. The van der Waals surface area contributed by atoms with Crippen LogP contribution >= 0.6 is 0 Å². The van der Waals surface area contributed by atoms with Crippen LogP contribution in [0.25, 0.3) is 0 Å². The molecule has 3 N–H and O–H groups in total. The van der Waals surface area contributed by atoms with Crippen LogP contribution in [0.1, 0.15) is 31.9 Å². The van der Waals surface area contributed by atoms with Crippen LogP contribution in [0.4, 0.5) is 0 Å². The summed E-state index contributed by atoms with van der Waals surface area (Å²) in [4.78, 5) is 2.40. The van der Waals surface area contributed by atoms with Gasteiger partial charge in [-0.05, 0) is 46.0 Å². The zero-order chi connectivity index (χ0) is 15.9. The fraction of sp³-hybridized carbons (Fsp3) is 0.714. The number of sulfonamides is 1. The number of aromatic nitrogens is 1. The van der Waals surface area contributed by atoms with Crippen LogP contribution < -0.4 is 10.5 Å². The summed E-state index contributed by atoms with van der Waals surface area (Å²) >= 11 is 0. The highest BCUT2D eigenvalue weighted by Crippen LogP contribution is 2.14. The van der Waals surface area contributed by atoms with Crippen LogP contribution in [0.15, 0.2) is 17.2 Å². The van der Waals surface area contributed by atoms with Gasteiger partial charge in [0.2, 0.25) is 10.0 Å². The molecule has 6 nitrogen and oxygen atoms in total. The Bertz CT molecular complexity index is 523. The van der Waals surface area contributed by atoms with Crippen LogP contribution in [0, 0.1) is 0 Å². The van der Waals surface area contributed by atoms with E-state index in [1.165, 1.54) is 0 Å². The number of nitrogens with one attached hydrogen (secondary N) is 1. The molecule has 0 spiro atoms. The average molecular weight is 316 g/mol. The zero-order valence-electron chi connectivity index (χ0n) is 13.3. The second-order valence-corrected chi connectivity index (χ2v) is 7.24. The Hall–Kier alpha value is -0.890. The maximum absolute atomic E-state index is 12.2. The normalized spacial score (nSPS) is 12.2. The average Bonchev–Trinajstić information content (AvgIpc) is 2.82. The molecule has 0 bridgehead atoms. The van der Waals surface area contributed by atoms with Crippen molar-refractivity contribution < 1.29 is 8.42 Å². The number of nitrogens with two attached hydrogens (primary N) is 1. The molecule has 1 aromatic heterocycles. The highest BCUT2D eigenvalue weighted by atomic mass is 32.2. The fourth-order valence-electron chi connectivity index (χ4n) is 2.14. The molecule has 21 heavy (non-hydrogen) atoms. The summed E-state index contributed by atoms with van der Waals surface area (Å²) in [5.41, 5.74) is 6.52. The monoisotopic (exact) mass is 316 g/mol. The maximum atomic E-state index is 12.2. The minimum atomic E-state index is -3.43. The van der Waals surface area contributed by atoms with E-state index < -0.39 is 10.0 Å². The van der Waals surface area contributed by atoms with Gasteiger partial charge in [0.1, 0.15) is 0 Å². The van der Waals surface area contributed by atoms with Crippen molar-refractivity contribution in [1.29, 1.82) is 0 Å². The number of hydrogen-bond acceptors (Lipinski definition) is 4. The first kappa shape index (κ1) is 18.2. The molecular weight excluding hydrogens is 288 g/mol. The van der Waals surface area contributed by atoms with Gasteiger partial charge in [-0.2, -0.15) is 0 Å². The van der Waals surface area contributed by atoms with E-state index in [2.05, 4.69) is 16.5 Å². The van der Waals surface area contributed by atoms with Crippen molar-refractivity contribution in [3.05, 3.63) is 18.0 Å². The molecule has 0 amide bonds. The van der Waals surface area contributed by atoms with Gasteiger partial charge in [0.25, 0.3) is 0 Å². The molecule has 0 aliphatic heterocycles. The largest absolute Gasteiger partial charge is 0.349 e. The van der Waals surface area contributed by atoms with Crippen molar-refractivity contribution in [3.63, 3.8) is 0 Å². The van der Waals surface area contributed by atoms with Crippen LogP contribution in [-0.4, -0.2) is 45.1 Å². The minimum Gasteiger partial charge on any atom is -0.349 e. The topological polar surface area (TPSA) is 80.4 Å². The first-order valence-electron chi connectivity index (χ1n) is 7.44. The van der Waals surface area contributed by atoms with Gasteiger partial charge in [0.15, 0.2) is 0 Å². The smallest absolute Gasteiger partial charge is 0.242 e. The molecule has 1 aromatic rings. The Kier molecular flexibility index (Phi) is 7.37. The van der Waals surface area contributed by atoms with E-state index in [9.17, 15) is 8.42 Å². The van der Waals surface area contributed by atoms with E-state index in [0.29, 0.717) is 18.0 Å². The second kappa shape index (κ2) is 8.53. The van der Waals surface area contributed by atoms with Crippen molar-refractivity contribution in [3.8, 4) is 0 Å². The van der Waals surface area contributed by atoms with Crippen molar-refractivity contribution in [2.75, 3.05) is 27.2 Å². The molecule has 0 aromatic carbocycles. The number of unbranched alkanes of at least 4 members (excludes halogenated alkanes) is 1. The Morgan fingerprint density at radius 2 is 2.05 bits per heavy atom. The molecule has 0 saturated carbocycles. The van der Waals surface area contributed by atoms with E-state index in [1.807, 2.05) is 18.7 Å². The van der Waals surface area contributed by atoms with Gasteiger partial charge >= 0.3 is 0 Å². The van der Waals surface area contributed by atoms with Crippen molar-refractivity contribution in [2.45, 2.75) is 44.2 Å². The van der Waals surface area contributed by atoms with Gasteiger partial charge in [0, 0.05) is 31.5 Å². The molecule has 0 aliphatic carbocycles. The van der Waals surface area contributed by atoms with Gasteiger partial charge < -0.3 is 15.2 Å². The molecule has 0 aliphatic rings. The third kappa shape index (κ3) is 5.78. The first-order chi connectivity index (χ1) is 9.90. The Morgan fingerprint density at radius 1 is 1.33 bits per heavy atom. The van der Waals surface area contributed by atoms with Gasteiger partial charge in [-0.1, -0.05) is 6.92 Å². The highest BCUT2D eigenvalue weighted by molar-refractivity contribution is 7.89. The van der Waals surface area contributed by atoms with E-state index in [-0.39, 0.29) is 0 Å². The molecule has 1 rings (SSSR count). The van der Waals surface area contributed by atoms with Gasteiger partial charge in [0.05, 0.1) is 4.90 Å². The molecule has 0 unspecified atom stereocenters. The zero-order valence-corrected chi connectivity index (χ0v) is 14.1. The van der Waals surface area contributed by atoms with Gasteiger partial charge in [-0.3, -0.25) is 0 Å². The fourth-order valence-corrected chi connectivity index (χ4v) is 3.27. The summed E-state index contributed by atoms with van der Waals surface area (Å²) in [6.07, 6.45) is 4.42. The molecule has 0 fully saturated rings. The third-order valence-electron chi connectivity index (χ3n) is 3.27. The van der Waals surface area contributed by atoms with E-state index in [4.69, 9.17) is 5.73 Å². The molecule has 0 radical (unpaired) electrons. The van der Waals surface area contributed by atoms with E-state index in [0.717, 1.165) is 38.0 Å². The van der Waals surface area contributed by atoms with Gasteiger partial charge in [-0.15, -0.1) is 0 Å². The van der Waals surface area contributed by atoms with Gasteiger partial charge in [-0.25, -0.2) is 13.1 Å². The Morgan fingerprint density at radius 3 is 2.62 bits per heavy atom. The SMILES string of the molecule is CCCn1cc(S(=O)(=O)NCCCCN(C)C)cc1CN. The van der Waals surface area contributed by atoms with Crippen molar-refractivity contribution in [1.82, 2.24) is 14.2 Å². The van der Waals surface area contributed by atoms with Crippen LogP contribution in [0.3, 0.4) is 0 Å². The number of aryl methyl sites for hydroxylation is 1. The van der Waals surface area contributed by atoms with Crippen molar-refractivity contribution >= 4 is 10.0 Å². The van der Waals surface area contributed by atoms with Crippen LogP contribution in [-0.2, 0) is 23.1 Å². The Labute approximate surface area is 128 Å². The number of rotatable bonds is 10. The summed E-state index contributed by atoms with van der Waals surface area (Å²) in [5.74, 6) is 0. The summed E-state index contributed by atoms with van der Waals surface area (Å²) in [5, 5.41) is 0. The third-order valence-corrected chi connectivity index (χ3v) is 4.70. The quantitative estimate of drug-likeness (QED) is 0.631. The summed E-state index contributed by atoms with van der Waals surface area (Å²) in [6.45, 7) is 4.61. The summed E-state index contributed by atoms with van der Waals surface area (Å²) in [6, 6.07) is 1.66. The van der Waals surface area contributed by atoms with Crippen LogP contribution in [0.2, 0.25) is 0 Å². The molecule has 0 saturated heterocycles. The predicted octanol–water partition coefficient (Wildman–Crippen LogP) is 0.977. The van der Waals surface area contributed by atoms with Crippen molar-refractivity contribution in [2.24, 2.45) is 5.73 Å². The van der Waals surface area contributed by atoms with E-state index >= 15 is 0 Å². The standard InChI is InChI=1S/C14H28N4O2S/c1-4-8-18-12-14(10-13(18)11-15)21(19,20)16-7-5-6-9-17(2)3/h10,12,16H,4-9,11,15H2,1-3H3. The lowest BCUT2D eigenvalue weighted by molar-refractivity contribution is 0.394. The molecule has 1 heterocycles. The maximum Gasteiger partial charge on any atom is 0.242 e. The lowest BCUT2D eigenvalue weighted by atomic mass is 10.3. The molecule has 7 heteroatoms. The van der Waals surface area contributed by atoms with Crippen LogP contribution in [0.5, 0.6) is 0 Å². The minimum absolute atomic E-state index is 0.309. The van der Waals surface area contributed by atoms with E-state index in [1.54, 1.807) is 12.3 Å². The summed E-state index contributed by atoms with van der Waals surface area (Å²) < 4.78 is 29.1. The Balaban J connectivity index is 2.61. The lowest BCUT2D eigenvalue weighted by Gasteiger charge is -2.09. The highest BCUT2D eigenvalue weighted by Gasteiger charge is 2.17. The second-order valence-electron chi connectivity index (χ2n) is 5.47. The number of hydrogen-bond donors (Lipinski definition) is 2. The lowest BCUT2D eigenvalue weighted by Crippen LogP contribution is -2.25.